The van der Waals surface area contributed by atoms with Crippen LogP contribution in [0.4, 0.5) is 11.5 Å². The Balaban J connectivity index is 1.60. The minimum Gasteiger partial charge on any atom is -0.324 e. The Morgan fingerprint density at radius 3 is 2.50 bits per heavy atom. The van der Waals surface area contributed by atoms with E-state index in [4.69, 9.17) is 4.98 Å². The summed E-state index contributed by atoms with van der Waals surface area (Å²) in [5.74, 6) is 1.10. The highest BCUT2D eigenvalue weighted by molar-refractivity contribution is 8.00. The summed E-state index contributed by atoms with van der Waals surface area (Å²) in [6.07, 6.45) is 1.12. The van der Waals surface area contributed by atoms with Gasteiger partial charge >= 0.3 is 0 Å². The molecule has 0 radical (unpaired) electrons. The molecule has 3 nitrogen and oxygen atoms in total. The number of hydrogen-bond acceptors (Lipinski definition) is 4. The zero-order valence-corrected chi connectivity index (χ0v) is 18.5. The molecule has 0 N–H and O–H groups in total. The first-order chi connectivity index (χ1) is 14.8. The molecule has 0 spiro atoms. The van der Waals surface area contributed by atoms with Crippen molar-refractivity contribution in [2.75, 3.05) is 31.1 Å². The lowest BCUT2D eigenvalue weighted by atomic mass is 10.1. The second-order valence-corrected chi connectivity index (χ2v) is 8.82. The highest BCUT2D eigenvalue weighted by atomic mass is 32.2. The summed E-state index contributed by atoms with van der Waals surface area (Å²) in [5, 5.41) is 3.83. The first-order valence-corrected chi connectivity index (χ1v) is 11.7. The third kappa shape index (κ3) is 3.44. The topological polar surface area (TPSA) is 19.4 Å². The number of anilines is 2. The molecule has 1 aliphatic rings. The number of hydrogen-bond donors (Lipinski definition) is 0. The molecule has 3 aromatic carbocycles. The van der Waals surface area contributed by atoms with Gasteiger partial charge in [0.2, 0.25) is 0 Å². The molecule has 0 aliphatic carbocycles. The van der Waals surface area contributed by atoms with Crippen molar-refractivity contribution in [3.05, 3.63) is 66.7 Å². The highest BCUT2D eigenvalue weighted by Crippen LogP contribution is 2.50. The van der Waals surface area contributed by atoms with Crippen molar-refractivity contribution in [3.63, 3.8) is 0 Å². The molecule has 1 aromatic heterocycles. The molecule has 4 aromatic rings. The summed E-state index contributed by atoms with van der Waals surface area (Å²) in [7, 11) is 0. The molecule has 0 bridgehead atoms. The highest BCUT2D eigenvalue weighted by Gasteiger charge is 2.26. The number of benzene rings is 3. The molecule has 4 heteroatoms. The maximum absolute atomic E-state index is 5.11. The lowest BCUT2D eigenvalue weighted by Crippen LogP contribution is -2.29. The van der Waals surface area contributed by atoms with E-state index in [9.17, 15) is 0 Å². The number of aromatic nitrogens is 1. The predicted molar refractivity (Wildman–Crippen MR) is 129 cm³/mol. The van der Waals surface area contributed by atoms with E-state index in [-0.39, 0.29) is 0 Å². The van der Waals surface area contributed by atoms with Gasteiger partial charge in [-0.2, -0.15) is 0 Å². The molecule has 2 heterocycles. The van der Waals surface area contributed by atoms with Gasteiger partial charge in [-0.05, 0) is 55.0 Å². The average Bonchev–Trinajstić information content (AvgIpc) is 2.80. The van der Waals surface area contributed by atoms with Gasteiger partial charge in [-0.1, -0.05) is 74.1 Å². The van der Waals surface area contributed by atoms with Gasteiger partial charge in [0.15, 0.2) is 0 Å². The van der Waals surface area contributed by atoms with Crippen molar-refractivity contribution in [1.82, 2.24) is 9.88 Å². The predicted octanol–water partition coefficient (Wildman–Crippen LogP) is 6.72. The normalized spacial score (nSPS) is 13.1. The zero-order chi connectivity index (χ0) is 20.5. The monoisotopic (exact) mass is 413 g/mol. The summed E-state index contributed by atoms with van der Waals surface area (Å²) in [6.45, 7) is 8.78. The second kappa shape index (κ2) is 8.29. The van der Waals surface area contributed by atoms with Gasteiger partial charge < -0.3 is 9.80 Å². The van der Waals surface area contributed by atoms with Crippen LogP contribution < -0.4 is 4.90 Å². The molecule has 0 saturated carbocycles. The number of rotatable bonds is 6. The number of fused-ring (bicyclic) bond motifs is 5. The van der Waals surface area contributed by atoms with Crippen LogP contribution in [-0.4, -0.2) is 36.1 Å². The number of para-hydroxylation sites is 1. The van der Waals surface area contributed by atoms with Crippen LogP contribution in [0.25, 0.3) is 21.7 Å². The van der Waals surface area contributed by atoms with E-state index >= 15 is 0 Å². The molecule has 1 aliphatic heterocycles. The van der Waals surface area contributed by atoms with Crippen LogP contribution in [0.5, 0.6) is 0 Å². The molecule has 0 amide bonds. The van der Waals surface area contributed by atoms with Crippen LogP contribution in [0.3, 0.4) is 0 Å². The van der Waals surface area contributed by atoms with Gasteiger partial charge in [0.1, 0.15) is 5.82 Å². The van der Waals surface area contributed by atoms with Crippen LogP contribution in [0.15, 0.2) is 76.5 Å². The summed E-state index contributed by atoms with van der Waals surface area (Å²) in [4.78, 5) is 12.6. The van der Waals surface area contributed by atoms with Gasteiger partial charge in [-0.3, -0.25) is 0 Å². The first kappa shape index (κ1) is 19.4. The Morgan fingerprint density at radius 2 is 1.67 bits per heavy atom. The SMILES string of the molecule is CCN(CC)CCCN1c2ccc3ccccc3c2Sc2cc3ccccc3nc21. The Bertz CT molecular complexity index is 1200. The second-order valence-electron chi connectivity index (χ2n) is 7.77. The molecule has 0 atom stereocenters. The van der Waals surface area contributed by atoms with Crippen LogP contribution in [-0.2, 0) is 0 Å². The molecule has 152 valence electrons. The number of pyridine rings is 1. The van der Waals surface area contributed by atoms with Crippen molar-refractivity contribution in [2.45, 2.75) is 30.1 Å². The van der Waals surface area contributed by atoms with Crippen LogP contribution in [0, 0.1) is 0 Å². The summed E-state index contributed by atoms with van der Waals surface area (Å²) in [6, 6.07) is 24.0. The van der Waals surface area contributed by atoms with Crippen LogP contribution in [0.2, 0.25) is 0 Å². The molecule has 0 fully saturated rings. The lowest BCUT2D eigenvalue weighted by molar-refractivity contribution is 0.301. The Hall–Kier alpha value is -2.56. The molecule has 0 unspecified atom stereocenters. The smallest absolute Gasteiger partial charge is 0.147 e. The third-order valence-electron chi connectivity index (χ3n) is 6.04. The maximum atomic E-state index is 5.11. The van der Waals surface area contributed by atoms with Gasteiger partial charge in [0, 0.05) is 16.8 Å². The quantitative estimate of drug-likeness (QED) is 0.349. The van der Waals surface area contributed by atoms with Crippen molar-refractivity contribution in [2.24, 2.45) is 0 Å². The average molecular weight is 414 g/mol. The van der Waals surface area contributed by atoms with E-state index in [2.05, 4.69) is 90.4 Å². The summed E-state index contributed by atoms with van der Waals surface area (Å²) in [5.41, 5.74) is 2.35. The van der Waals surface area contributed by atoms with Gasteiger partial charge in [0.05, 0.1) is 16.1 Å². The van der Waals surface area contributed by atoms with Crippen LogP contribution in [0.1, 0.15) is 20.3 Å². The fourth-order valence-corrected chi connectivity index (χ4v) is 5.58. The molecule has 5 rings (SSSR count). The molecular formula is C26H27N3S. The molecular weight excluding hydrogens is 386 g/mol. The fraction of sp³-hybridized carbons (Fsp3) is 0.269. The third-order valence-corrected chi connectivity index (χ3v) is 7.19. The van der Waals surface area contributed by atoms with E-state index in [1.165, 1.54) is 31.6 Å². The van der Waals surface area contributed by atoms with E-state index < -0.39 is 0 Å². The maximum Gasteiger partial charge on any atom is 0.147 e. The van der Waals surface area contributed by atoms with Crippen LogP contribution >= 0.6 is 11.8 Å². The molecule has 30 heavy (non-hydrogen) atoms. The lowest BCUT2D eigenvalue weighted by Gasteiger charge is -2.33. The van der Waals surface area contributed by atoms with E-state index in [0.717, 1.165) is 43.9 Å². The largest absolute Gasteiger partial charge is 0.324 e. The Labute approximate surface area is 182 Å². The van der Waals surface area contributed by atoms with Crippen molar-refractivity contribution in [1.29, 1.82) is 0 Å². The standard InChI is InChI=1S/C26H27N3S/c1-3-28(4-2)16-9-17-29-23-15-14-19-10-5-7-12-21(19)25(23)30-24-18-20-11-6-8-13-22(20)27-26(24)29/h5-8,10-15,18H,3-4,9,16-17H2,1-2H3. The summed E-state index contributed by atoms with van der Waals surface area (Å²) < 4.78 is 0. The van der Waals surface area contributed by atoms with E-state index in [1.807, 2.05) is 11.8 Å². The van der Waals surface area contributed by atoms with E-state index in [1.54, 1.807) is 0 Å². The van der Waals surface area contributed by atoms with Gasteiger partial charge in [-0.15, -0.1) is 0 Å². The van der Waals surface area contributed by atoms with Gasteiger partial charge in [-0.25, -0.2) is 4.98 Å². The van der Waals surface area contributed by atoms with Crippen molar-refractivity contribution >= 4 is 44.9 Å². The Kier molecular flexibility index (Phi) is 5.36. The van der Waals surface area contributed by atoms with Crippen molar-refractivity contribution < 1.29 is 0 Å². The first-order valence-electron chi connectivity index (χ1n) is 10.9. The Morgan fingerprint density at radius 1 is 0.900 bits per heavy atom. The van der Waals surface area contributed by atoms with E-state index in [0.29, 0.717) is 0 Å². The molecule has 0 saturated heterocycles. The zero-order valence-electron chi connectivity index (χ0n) is 17.6. The number of nitrogens with zero attached hydrogens (tertiary/aromatic N) is 3. The minimum absolute atomic E-state index is 0.973. The van der Waals surface area contributed by atoms with Crippen molar-refractivity contribution in [3.8, 4) is 0 Å². The fourth-order valence-electron chi connectivity index (χ4n) is 4.35. The minimum atomic E-state index is 0.973. The van der Waals surface area contributed by atoms with Gasteiger partial charge in [0.25, 0.3) is 0 Å². The summed E-state index contributed by atoms with van der Waals surface area (Å²) >= 11 is 1.86.